The first-order valence-corrected chi connectivity index (χ1v) is 22.1. The molecule has 49 heavy (non-hydrogen) atoms. The van der Waals surface area contributed by atoms with Crippen molar-refractivity contribution in [2.45, 2.75) is 244 Å². The average molecular weight is 729 g/mol. The molecule has 5 nitrogen and oxygen atoms in total. The zero-order valence-corrected chi connectivity index (χ0v) is 33.9. The molecule has 0 bridgehead atoms. The van der Waals surface area contributed by atoms with Crippen LogP contribution in [0.2, 0.25) is 0 Å². The van der Waals surface area contributed by atoms with E-state index in [-0.39, 0.29) is 6.61 Å². The molecular weight excluding hydrogens is 649 g/mol. The fraction of sp³-hybridized carbons (Fsp3) is 0.952. The van der Waals surface area contributed by atoms with Crippen molar-refractivity contribution in [2.75, 3.05) is 13.2 Å². The number of hydrogen-bond donors (Lipinski definition) is 2. The van der Waals surface area contributed by atoms with Gasteiger partial charge in [0.2, 0.25) is 0 Å². The molecule has 1 rings (SSSR count). The van der Waals surface area contributed by atoms with Crippen LogP contribution in [0.25, 0.3) is 0 Å². The summed E-state index contributed by atoms with van der Waals surface area (Å²) in [5, 5.41) is 21.1. The summed E-state index contributed by atoms with van der Waals surface area (Å²) in [5.74, 6) is 0. The highest BCUT2D eigenvalue weighted by Gasteiger charge is 2.45. The Balaban J connectivity index is 2.12. The molecule has 0 aromatic heterocycles. The second-order valence-corrected chi connectivity index (χ2v) is 15.8. The zero-order chi connectivity index (χ0) is 35.6. The van der Waals surface area contributed by atoms with Crippen molar-refractivity contribution in [2.24, 2.45) is 0 Å². The maximum absolute atomic E-state index is 10.4. The van der Waals surface area contributed by atoms with Crippen LogP contribution >= 0.6 is 24.4 Å². The summed E-state index contributed by atoms with van der Waals surface area (Å²) in [6.07, 6.45) is 38.7. The van der Waals surface area contributed by atoms with Gasteiger partial charge in [-0.05, 0) is 37.3 Å². The van der Waals surface area contributed by atoms with Crippen LogP contribution in [-0.2, 0) is 14.2 Å². The van der Waals surface area contributed by atoms with Gasteiger partial charge in [-0.1, -0.05) is 194 Å². The lowest BCUT2D eigenvalue weighted by molar-refractivity contribution is -0.0639. The molecule has 0 unspecified atom stereocenters. The van der Waals surface area contributed by atoms with Gasteiger partial charge in [0.25, 0.3) is 0 Å². The standard InChI is InChI=1S/C42H80O5S2/c1-3-5-7-9-11-13-15-17-19-21-23-25-27-29-31-33-39(48)46-38-36-45-41(37(44)35-43)42(38)47-40(49)34-32-30-28-26-24-22-20-18-16-14-12-10-8-6-4-2/h37-38,41-44H,3-36H2,1-2H3/t37-,38+,41+,42+/m1/s1. The minimum absolute atomic E-state index is 0.271. The number of thiocarbonyl (C=S) groups is 2. The molecule has 1 heterocycles. The van der Waals surface area contributed by atoms with Crippen LogP contribution < -0.4 is 0 Å². The summed E-state index contributed by atoms with van der Waals surface area (Å²) >= 11 is 11.2. The topological polar surface area (TPSA) is 68.2 Å². The van der Waals surface area contributed by atoms with Gasteiger partial charge in [-0.25, -0.2) is 0 Å². The van der Waals surface area contributed by atoms with E-state index in [1.54, 1.807) is 0 Å². The molecule has 1 aliphatic heterocycles. The van der Waals surface area contributed by atoms with Crippen LogP contribution in [0.3, 0.4) is 0 Å². The molecule has 1 aliphatic rings. The Bertz CT molecular complexity index is 751. The smallest absolute Gasteiger partial charge is 0.167 e. The predicted octanol–water partition coefficient (Wildman–Crippen LogP) is 12.7. The van der Waals surface area contributed by atoms with Crippen molar-refractivity contribution in [1.29, 1.82) is 0 Å². The van der Waals surface area contributed by atoms with Crippen LogP contribution in [-0.4, -0.2) is 57.9 Å². The third-order valence-corrected chi connectivity index (χ3v) is 10.8. The first-order chi connectivity index (χ1) is 24.0. The van der Waals surface area contributed by atoms with Gasteiger partial charge in [0.05, 0.1) is 13.2 Å². The van der Waals surface area contributed by atoms with Crippen molar-refractivity contribution in [1.82, 2.24) is 0 Å². The third-order valence-electron chi connectivity index (χ3n) is 10.2. The normalized spacial score (nSPS) is 18.2. The second kappa shape index (κ2) is 34.7. The Morgan fingerprint density at radius 2 is 0.837 bits per heavy atom. The summed E-state index contributed by atoms with van der Waals surface area (Å²) in [4.78, 5) is 0. The lowest BCUT2D eigenvalue weighted by atomic mass is 10.0. The van der Waals surface area contributed by atoms with Crippen LogP contribution in [0.5, 0.6) is 0 Å². The van der Waals surface area contributed by atoms with Crippen molar-refractivity contribution < 1.29 is 24.4 Å². The number of hydrogen-bond acceptors (Lipinski definition) is 7. The van der Waals surface area contributed by atoms with Crippen LogP contribution in [0, 0.1) is 0 Å². The number of rotatable bonds is 36. The minimum Gasteiger partial charge on any atom is -0.477 e. The fourth-order valence-electron chi connectivity index (χ4n) is 7.00. The van der Waals surface area contributed by atoms with E-state index in [1.807, 2.05) is 0 Å². The molecule has 2 N–H and O–H groups in total. The highest BCUT2D eigenvalue weighted by Crippen LogP contribution is 2.26. The Morgan fingerprint density at radius 3 is 1.16 bits per heavy atom. The van der Waals surface area contributed by atoms with Crippen molar-refractivity contribution >= 4 is 34.5 Å². The van der Waals surface area contributed by atoms with Crippen LogP contribution in [0.1, 0.15) is 219 Å². The number of unbranched alkanes of at least 4 members (excludes halogenated alkanes) is 28. The highest BCUT2D eigenvalue weighted by atomic mass is 32.1. The molecule has 4 atom stereocenters. The van der Waals surface area contributed by atoms with E-state index >= 15 is 0 Å². The van der Waals surface area contributed by atoms with E-state index in [4.69, 9.17) is 38.6 Å². The minimum atomic E-state index is -1.05. The van der Waals surface area contributed by atoms with E-state index in [9.17, 15) is 10.2 Å². The van der Waals surface area contributed by atoms with Crippen molar-refractivity contribution in [3.05, 3.63) is 0 Å². The molecule has 0 aliphatic carbocycles. The molecule has 1 saturated heterocycles. The van der Waals surface area contributed by atoms with E-state index in [1.165, 1.54) is 167 Å². The SMILES string of the molecule is CCCCCCCCCCCCCCCCCC(=S)O[C@@H]1[C@H]([C@H](O)CO)OC[C@@H]1OC(=S)CCCCCCCCCCCCCCCCC. The lowest BCUT2D eigenvalue weighted by Gasteiger charge is -2.27. The number of aliphatic hydroxyl groups excluding tert-OH is 2. The molecule has 0 aromatic carbocycles. The van der Waals surface area contributed by atoms with Crippen LogP contribution in [0.15, 0.2) is 0 Å². The van der Waals surface area contributed by atoms with Gasteiger partial charge in [0.15, 0.2) is 22.3 Å². The van der Waals surface area contributed by atoms with E-state index in [0.29, 0.717) is 16.5 Å². The summed E-state index contributed by atoms with van der Waals surface area (Å²) < 4.78 is 18.1. The van der Waals surface area contributed by atoms with E-state index in [0.717, 1.165) is 32.1 Å². The maximum Gasteiger partial charge on any atom is 0.167 e. The third kappa shape index (κ3) is 27.0. The van der Waals surface area contributed by atoms with Gasteiger partial charge < -0.3 is 24.4 Å². The maximum atomic E-state index is 10.4. The second-order valence-electron chi connectivity index (χ2n) is 14.9. The Morgan fingerprint density at radius 1 is 0.531 bits per heavy atom. The summed E-state index contributed by atoms with van der Waals surface area (Å²) in [6.45, 7) is 4.44. The van der Waals surface area contributed by atoms with E-state index in [2.05, 4.69) is 13.8 Å². The first-order valence-electron chi connectivity index (χ1n) is 21.3. The van der Waals surface area contributed by atoms with Crippen molar-refractivity contribution in [3.63, 3.8) is 0 Å². The van der Waals surface area contributed by atoms with Gasteiger partial charge in [-0.15, -0.1) is 0 Å². The molecule has 0 spiro atoms. The lowest BCUT2D eigenvalue weighted by Crippen LogP contribution is -2.44. The van der Waals surface area contributed by atoms with Crippen molar-refractivity contribution in [3.8, 4) is 0 Å². The number of aliphatic hydroxyl groups is 2. The predicted molar refractivity (Wildman–Crippen MR) is 217 cm³/mol. The van der Waals surface area contributed by atoms with E-state index < -0.39 is 31.0 Å². The molecule has 0 saturated carbocycles. The largest absolute Gasteiger partial charge is 0.477 e. The fourth-order valence-corrected chi connectivity index (χ4v) is 7.53. The zero-order valence-electron chi connectivity index (χ0n) is 32.3. The quantitative estimate of drug-likeness (QED) is 0.0492. The Labute approximate surface area is 314 Å². The summed E-state index contributed by atoms with van der Waals surface area (Å²) in [5.41, 5.74) is 0. The first kappa shape index (κ1) is 46.7. The monoisotopic (exact) mass is 729 g/mol. The van der Waals surface area contributed by atoms with Crippen LogP contribution in [0.4, 0.5) is 0 Å². The molecule has 290 valence electrons. The highest BCUT2D eigenvalue weighted by molar-refractivity contribution is 7.80. The van der Waals surface area contributed by atoms with Gasteiger partial charge in [0.1, 0.15) is 12.2 Å². The molecular formula is C42H80O5S2. The van der Waals surface area contributed by atoms with Gasteiger partial charge in [-0.2, -0.15) is 0 Å². The molecule has 7 heteroatoms. The molecule has 0 amide bonds. The molecule has 1 fully saturated rings. The molecule has 0 radical (unpaired) electrons. The summed E-state index contributed by atoms with van der Waals surface area (Å²) in [6, 6.07) is 0. The Hall–Kier alpha value is -0.340. The average Bonchev–Trinajstić information content (AvgIpc) is 3.48. The Kier molecular flexibility index (Phi) is 33.1. The van der Waals surface area contributed by atoms with Gasteiger partial charge >= 0.3 is 0 Å². The van der Waals surface area contributed by atoms with Gasteiger partial charge in [-0.3, -0.25) is 0 Å². The summed E-state index contributed by atoms with van der Waals surface area (Å²) in [7, 11) is 0. The molecule has 0 aromatic rings. The van der Waals surface area contributed by atoms with Gasteiger partial charge in [0, 0.05) is 12.8 Å². The number of ether oxygens (including phenoxy) is 3.